The van der Waals surface area contributed by atoms with Gasteiger partial charge in [-0.3, -0.25) is 4.90 Å². The number of nitrogen functional groups attached to an aromatic ring is 1. The SMILES string of the molecule is CCOCCN(CC)Cc1ccc(N)c(Br)c1. The average molecular weight is 301 g/mol. The van der Waals surface area contributed by atoms with E-state index in [1.807, 2.05) is 13.0 Å². The zero-order chi connectivity index (χ0) is 12.7. The third kappa shape index (κ3) is 5.06. The molecule has 3 nitrogen and oxygen atoms in total. The van der Waals surface area contributed by atoms with E-state index >= 15 is 0 Å². The summed E-state index contributed by atoms with van der Waals surface area (Å²) in [7, 11) is 0. The van der Waals surface area contributed by atoms with Crippen LogP contribution in [-0.4, -0.2) is 31.2 Å². The van der Waals surface area contributed by atoms with Crippen LogP contribution in [0.1, 0.15) is 19.4 Å². The zero-order valence-corrected chi connectivity index (χ0v) is 12.2. The fourth-order valence-electron chi connectivity index (χ4n) is 1.61. The van der Waals surface area contributed by atoms with Crippen molar-refractivity contribution in [2.75, 3.05) is 32.0 Å². The van der Waals surface area contributed by atoms with E-state index in [9.17, 15) is 0 Å². The Morgan fingerprint density at radius 2 is 2.12 bits per heavy atom. The number of anilines is 1. The molecule has 0 unspecified atom stereocenters. The Morgan fingerprint density at radius 3 is 2.71 bits per heavy atom. The first-order chi connectivity index (χ1) is 8.17. The summed E-state index contributed by atoms with van der Waals surface area (Å²) in [6, 6.07) is 6.10. The number of nitrogens with zero attached hydrogens (tertiary/aromatic N) is 1. The van der Waals surface area contributed by atoms with Gasteiger partial charge >= 0.3 is 0 Å². The van der Waals surface area contributed by atoms with Gasteiger partial charge in [0.15, 0.2) is 0 Å². The molecule has 96 valence electrons. The monoisotopic (exact) mass is 300 g/mol. The maximum atomic E-state index is 5.77. The summed E-state index contributed by atoms with van der Waals surface area (Å²) in [6.07, 6.45) is 0. The number of benzene rings is 1. The number of ether oxygens (including phenoxy) is 1. The van der Waals surface area contributed by atoms with Crippen LogP contribution >= 0.6 is 15.9 Å². The highest BCUT2D eigenvalue weighted by Gasteiger charge is 2.05. The Balaban J connectivity index is 2.51. The normalized spacial score (nSPS) is 11.1. The van der Waals surface area contributed by atoms with Crippen molar-refractivity contribution >= 4 is 21.6 Å². The molecule has 0 heterocycles. The minimum atomic E-state index is 0.783. The quantitative estimate of drug-likeness (QED) is 0.621. The molecule has 0 aliphatic heterocycles. The van der Waals surface area contributed by atoms with Crippen molar-refractivity contribution in [2.45, 2.75) is 20.4 Å². The van der Waals surface area contributed by atoms with Crippen molar-refractivity contribution in [1.82, 2.24) is 4.90 Å². The van der Waals surface area contributed by atoms with Gasteiger partial charge in [0, 0.05) is 29.9 Å². The van der Waals surface area contributed by atoms with Crippen molar-refractivity contribution in [3.8, 4) is 0 Å². The topological polar surface area (TPSA) is 38.5 Å². The lowest BCUT2D eigenvalue weighted by Crippen LogP contribution is -2.27. The summed E-state index contributed by atoms with van der Waals surface area (Å²) in [5, 5.41) is 0. The van der Waals surface area contributed by atoms with E-state index in [0.29, 0.717) is 0 Å². The molecule has 0 aliphatic rings. The van der Waals surface area contributed by atoms with Crippen LogP contribution in [0.4, 0.5) is 5.69 Å². The first-order valence-electron chi connectivity index (χ1n) is 6.01. The van der Waals surface area contributed by atoms with E-state index in [1.165, 1.54) is 5.56 Å². The van der Waals surface area contributed by atoms with Gasteiger partial charge in [0.25, 0.3) is 0 Å². The van der Waals surface area contributed by atoms with Crippen LogP contribution in [-0.2, 0) is 11.3 Å². The third-order valence-electron chi connectivity index (χ3n) is 2.67. The van der Waals surface area contributed by atoms with Gasteiger partial charge in [-0.2, -0.15) is 0 Å². The smallest absolute Gasteiger partial charge is 0.0593 e. The lowest BCUT2D eigenvalue weighted by Gasteiger charge is -2.20. The summed E-state index contributed by atoms with van der Waals surface area (Å²) in [4.78, 5) is 2.35. The third-order valence-corrected chi connectivity index (χ3v) is 3.36. The Morgan fingerprint density at radius 1 is 1.35 bits per heavy atom. The summed E-state index contributed by atoms with van der Waals surface area (Å²) < 4.78 is 6.34. The lowest BCUT2D eigenvalue weighted by molar-refractivity contribution is 0.113. The van der Waals surface area contributed by atoms with Crippen LogP contribution < -0.4 is 5.73 Å². The maximum absolute atomic E-state index is 5.77. The van der Waals surface area contributed by atoms with Crippen LogP contribution in [0.15, 0.2) is 22.7 Å². The molecule has 1 rings (SSSR count). The van der Waals surface area contributed by atoms with Crippen molar-refractivity contribution in [3.05, 3.63) is 28.2 Å². The van der Waals surface area contributed by atoms with Crippen LogP contribution in [0.2, 0.25) is 0 Å². The molecule has 0 aromatic heterocycles. The van der Waals surface area contributed by atoms with E-state index in [1.54, 1.807) is 0 Å². The Kier molecular flexibility index (Phi) is 6.55. The Hall–Kier alpha value is -0.580. The van der Waals surface area contributed by atoms with Crippen LogP contribution in [0.5, 0.6) is 0 Å². The summed E-state index contributed by atoms with van der Waals surface area (Å²) in [5.41, 5.74) is 7.82. The number of halogens is 1. The fourth-order valence-corrected chi connectivity index (χ4v) is 2.04. The predicted octanol–water partition coefficient (Wildman–Crippen LogP) is 2.89. The van der Waals surface area contributed by atoms with Gasteiger partial charge in [-0.1, -0.05) is 13.0 Å². The number of likely N-dealkylation sites (N-methyl/N-ethyl adjacent to an activating group) is 1. The molecule has 0 atom stereocenters. The van der Waals surface area contributed by atoms with E-state index < -0.39 is 0 Å². The summed E-state index contributed by atoms with van der Waals surface area (Å²) in [5.74, 6) is 0. The molecule has 0 saturated heterocycles. The predicted molar refractivity (Wildman–Crippen MR) is 76.0 cm³/mol. The molecule has 4 heteroatoms. The van der Waals surface area contributed by atoms with Crippen LogP contribution in [0.3, 0.4) is 0 Å². The van der Waals surface area contributed by atoms with Gasteiger partial charge in [-0.25, -0.2) is 0 Å². The minimum absolute atomic E-state index is 0.783. The van der Waals surface area contributed by atoms with E-state index in [4.69, 9.17) is 10.5 Å². The molecule has 0 fully saturated rings. The number of hydrogen-bond donors (Lipinski definition) is 1. The average Bonchev–Trinajstić information content (AvgIpc) is 2.32. The van der Waals surface area contributed by atoms with E-state index in [-0.39, 0.29) is 0 Å². The van der Waals surface area contributed by atoms with Gasteiger partial charge in [0.2, 0.25) is 0 Å². The van der Waals surface area contributed by atoms with E-state index in [2.05, 4.69) is 39.9 Å². The number of nitrogens with two attached hydrogens (primary N) is 1. The Labute approximate surface area is 112 Å². The van der Waals surface area contributed by atoms with Crippen LogP contribution in [0, 0.1) is 0 Å². The molecular weight excluding hydrogens is 280 g/mol. The molecule has 0 amide bonds. The molecule has 17 heavy (non-hydrogen) atoms. The second-order valence-corrected chi connectivity index (χ2v) is 4.78. The van der Waals surface area contributed by atoms with Crippen molar-refractivity contribution in [3.63, 3.8) is 0 Å². The zero-order valence-electron chi connectivity index (χ0n) is 10.6. The molecule has 1 aromatic carbocycles. The second kappa shape index (κ2) is 7.69. The van der Waals surface area contributed by atoms with E-state index in [0.717, 1.165) is 43.0 Å². The Bertz CT molecular complexity index is 344. The highest BCUT2D eigenvalue weighted by molar-refractivity contribution is 9.10. The van der Waals surface area contributed by atoms with Crippen molar-refractivity contribution in [1.29, 1.82) is 0 Å². The molecule has 2 N–H and O–H groups in total. The van der Waals surface area contributed by atoms with Crippen molar-refractivity contribution < 1.29 is 4.74 Å². The minimum Gasteiger partial charge on any atom is -0.398 e. The van der Waals surface area contributed by atoms with Gasteiger partial charge in [0.05, 0.1) is 6.61 Å². The standard InChI is InChI=1S/C13H21BrN2O/c1-3-16(7-8-17-4-2)10-11-5-6-13(15)12(14)9-11/h5-6,9H,3-4,7-8,10,15H2,1-2H3. The highest BCUT2D eigenvalue weighted by atomic mass is 79.9. The highest BCUT2D eigenvalue weighted by Crippen LogP contribution is 2.21. The van der Waals surface area contributed by atoms with Gasteiger partial charge in [-0.15, -0.1) is 0 Å². The molecule has 0 aliphatic carbocycles. The molecule has 0 spiro atoms. The van der Waals surface area contributed by atoms with Gasteiger partial charge in [-0.05, 0) is 47.1 Å². The second-order valence-electron chi connectivity index (χ2n) is 3.92. The lowest BCUT2D eigenvalue weighted by atomic mass is 10.2. The first-order valence-corrected chi connectivity index (χ1v) is 6.80. The van der Waals surface area contributed by atoms with Gasteiger partial charge < -0.3 is 10.5 Å². The molecule has 0 bridgehead atoms. The number of rotatable bonds is 7. The van der Waals surface area contributed by atoms with Gasteiger partial charge in [0.1, 0.15) is 0 Å². The maximum Gasteiger partial charge on any atom is 0.0593 e. The largest absolute Gasteiger partial charge is 0.398 e. The summed E-state index contributed by atoms with van der Waals surface area (Å²) >= 11 is 3.45. The molecule has 0 saturated carbocycles. The molecule has 1 aromatic rings. The van der Waals surface area contributed by atoms with Crippen molar-refractivity contribution in [2.24, 2.45) is 0 Å². The summed E-state index contributed by atoms with van der Waals surface area (Å²) in [6.45, 7) is 8.68. The first kappa shape index (κ1) is 14.5. The fraction of sp³-hybridized carbons (Fsp3) is 0.538. The number of hydrogen-bond acceptors (Lipinski definition) is 3. The molecule has 0 radical (unpaired) electrons. The van der Waals surface area contributed by atoms with Crippen LogP contribution in [0.25, 0.3) is 0 Å². The molecular formula is C13H21BrN2O.